The predicted molar refractivity (Wildman–Crippen MR) is 240 cm³/mol. The number of piperidine rings is 1. The first-order valence-corrected chi connectivity index (χ1v) is 22.7. The summed E-state index contributed by atoms with van der Waals surface area (Å²) in [7, 11) is 0. The summed E-state index contributed by atoms with van der Waals surface area (Å²) in [6.45, 7) is 6.09. The van der Waals surface area contributed by atoms with E-state index in [2.05, 4.69) is 20.8 Å². The fourth-order valence-electron chi connectivity index (χ4n) is 8.28. The predicted octanol–water partition coefficient (Wildman–Crippen LogP) is 6.71. The number of thioether (sulfide) groups is 1. The fraction of sp³-hybridized carbons (Fsp3) is 0.356. The Balaban J connectivity index is 0.857. The van der Waals surface area contributed by atoms with E-state index in [1.807, 2.05) is 18.7 Å². The molecule has 4 heterocycles. The number of aromatic nitrogens is 2. The molecule has 3 aromatic carbocycles. The molecule has 1 aromatic heterocycles. The molecule has 2 fully saturated rings. The standard InChI is InChI=1S/C45H45Cl2FN8O8S/c1-23-21-54(43(61)26-11-13-27(14-12-26)50-41(59)31-20-33(40(49)53-52-31)64-25(3)37-29(46)15-16-30(48)39(37)47)22-24(2)55(23)36(58)10-5-4-6-19-65-34-9-7-8-28-38(34)45(63)56(44(28)62)32-17-18-35(57)51-42(32)60/h7-9,11-16,20,23-25,32H,4-6,10,17-19,21-22H2,1-3H3,(H2,49,53)(H,50,59)(H,51,57,60)/t23-,24+,25-,32?/m1/s1. The largest absolute Gasteiger partial charge is 0.482 e. The number of nitrogens with one attached hydrogen (secondary N) is 2. The SMILES string of the molecule is C[C@@H]1CN(C(=O)c2ccc(NC(=O)c3cc(O[C@H](C)c4c(Cl)ccc(F)c4Cl)c(N)nn3)cc2)C[C@H](C)N1C(=O)CCCCCSc1cccc2c1C(=O)N(C1CCC(=O)NC1=O)C2=O. The van der Waals surface area contributed by atoms with Gasteiger partial charge in [0.1, 0.15) is 18.0 Å². The number of nitrogen functional groups attached to an aromatic ring is 1. The number of imide groups is 2. The molecule has 0 saturated carbocycles. The first-order valence-electron chi connectivity index (χ1n) is 21.0. The zero-order valence-corrected chi connectivity index (χ0v) is 37.9. The second-order valence-corrected chi connectivity index (χ2v) is 17.9. The summed E-state index contributed by atoms with van der Waals surface area (Å²) < 4.78 is 20.0. The van der Waals surface area contributed by atoms with E-state index >= 15 is 0 Å². The number of rotatable bonds is 14. The van der Waals surface area contributed by atoms with Crippen molar-refractivity contribution in [3.05, 3.63) is 104 Å². The number of unbranched alkanes of at least 4 members (excludes halogenated alkanes) is 2. The van der Waals surface area contributed by atoms with Crippen LogP contribution < -0.4 is 21.1 Å². The number of nitrogens with zero attached hydrogens (tertiary/aromatic N) is 5. The zero-order valence-electron chi connectivity index (χ0n) is 35.6. The second-order valence-electron chi connectivity index (χ2n) is 16.0. The molecule has 20 heteroatoms. The van der Waals surface area contributed by atoms with Gasteiger partial charge in [-0.25, -0.2) is 4.39 Å². The highest BCUT2D eigenvalue weighted by atomic mass is 35.5. The van der Waals surface area contributed by atoms with Crippen LogP contribution in [0, 0.1) is 5.82 Å². The quantitative estimate of drug-likeness (QED) is 0.0521. The van der Waals surface area contributed by atoms with Gasteiger partial charge in [-0.15, -0.1) is 22.0 Å². The maximum Gasteiger partial charge on any atom is 0.276 e. The van der Waals surface area contributed by atoms with Crippen LogP contribution in [0.3, 0.4) is 0 Å². The van der Waals surface area contributed by atoms with Crippen molar-refractivity contribution in [1.29, 1.82) is 0 Å². The van der Waals surface area contributed by atoms with Gasteiger partial charge in [0.15, 0.2) is 17.3 Å². The second kappa shape index (κ2) is 20.0. The van der Waals surface area contributed by atoms with E-state index in [9.17, 15) is 38.0 Å². The minimum atomic E-state index is -1.03. The van der Waals surface area contributed by atoms with Gasteiger partial charge in [0.25, 0.3) is 23.6 Å². The van der Waals surface area contributed by atoms with E-state index in [-0.39, 0.29) is 80.7 Å². The van der Waals surface area contributed by atoms with Crippen molar-refractivity contribution in [2.75, 3.05) is 29.9 Å². The van der Waals surface area contributed by atoms with Crippen LogP contribution in [0.15, 0.2) is 65.6 Å². The van der Waals surface area contributed by atoms with Crippen LogP contribution in [0.2, 0.25) is 10.0 Å². The molecular weight excluding hydrogens is 903 g/mol. The monoisotopic (exact) mass is 946 g/mol. The van der Waals surface area contributed by atoms with Gasteiger partial charge in [0.2, 0.25) is 17.7 Å². The Bertz CT molecular complexity index is 2570. The third-order valence-electron chi connectivity index (χ3n) is 11.4. The maximum atomic E-state index is 14.1. The van der Waals surface area contributed by atoms with Crippen LogP contribution in [0.4, 0.5) is 15.9 Å². The van der Waals surface area contributed by atoms with E-state index in [0.29, 0.717) is 47.8 Å². The van der Waals surface area contributed by atoms with Gasteiger partial charge in [0, 0.05) is 70.8 Å². The van der Waals surface area contributed by atoms with E-state index in [1.54, 1.807) is 54.3 Å². The highest BCUT2D eigenvalue weighted by molar-refractivity contribution is 7.99. The van der Waals surface area contributed by atoms with Crippen LogP contribution in [-0.4, -0.2) is 103 Å². The number of anilines is 2. The molecule has 7 amide bonds. The van der Waals surface area contributed by atoms with Crippen LogP contribution >= 0.6 is 35.0 Å². The molecular formula is C45H45Cl2FN8O8S. The number of fused-ring (bicyclic) bond motifs is 1. The lowest BCUT2D eigenvalue weighted by Gasteiger charge is -2.44. The Morgan fingerprint density at radius 3 is 2.40 bits per heavy atom. The molecule has 340 valence electrons. The summed E-state index contributed by atoms with van der Waals surface area (Å²) >= 11 is 13.8. The number of carbonyl (C=O) groups is 7. The van der Waals surface area contributed by atoms with Gasteiger partial charge in [-0.1, -0.05) is 35.7 Å². The summed E-state index contributed by atoms with van der Waals surface area (Å²) in [5, 5.41) is 12.6. The molecule has 0 radical (unpaired) electrons. The van der Waals surface area contributed by atoms with E-state index in [1.165, 1.54) is 23.9 Å². The van der Waals surface area contributed by atoms with Crippen molar-refractivity contribution in [3.63, 3.8) is 0 Å². The summed E-state index contributed by atoms with van der Waals surface area (Å²) in [5.41, 5.74) is 7.31. The Morgan fingerprint density at radius 1 is 0.969 bits per heavy atom. The number of piperazine rings is 1. The average molecular weight is 948 g/mol. The van der Waals surface area contributed by atoms with Gasteiger partial charge in [0.05, 0.1) is 16.1 Å². The normalized spacial score (nSPS) is 18.9. The van der Waals surface area contributed by atoms with Crippen molar-refractivity contribution >= 4 is 87.8 Å². The molecule has 4 aromatic rings. The highest BCUT2D eigenvalue weighted by Crippen LogP contribution is 2.37. The topological polar surface area (TPSA) is 214 Å². The average Bonchev–Trinajstić information content (AvgIpc) is 3.52. The lowest BCUT2D eigenvalue weighted by molar-refractivity contribution is -0.139. The van der Waals surface area contributed by atoms with Crippen LogP contribution in [-0.2, 0) is 14.4 Å². The molecule has 16 nitrogen and oxygen atoms in total. The van der Waals surface area contributed by atoms with Crippen molar-refractivity contribution in [2.45, 2.75) is 88.4 Å². The first-order chi connectivity index (χ1) is 31.0. The smallest absolute Gasteiger partial charge is 0.276 e. The summed E-state index contributed by atoms with van der Waals surface area (Å²) in [6, 6.07) is 13.7. The molecule has 7 rings (SSSR count). The highest BCUT2D eigenvalue weighted by Gasteiger charge is 2.45. The van der Waals surface area contributed by atoms with Crippen molar-refractivity contribution < 1.29 is 42.7 Å². The molecule has 0 spiro atoms. The molecule has 0 bridgehead atoms. The van der Waals surface area contributed by atoms with Gasteiger partial charge in [-0.05, 0) is 94.3 Å². The van der Waals surface area contributed by atoms with Gasteiger partial charge >= 0.3 is 0 Å². The van der Waals surface area contributed by atoms with Crippen LogP contribution in [0.5, 0.6) is 5.75 Å². The summed E-state index contributed by atoms with van der Waals surface area (Å²) in [5.74, 6) is -3.17. The fourth-order valence-corrected chi connectivity index (χ4v) is 10.0. The third kappa shape index (κ3) is 10.1. The third-order valence-corrected chi connectivity index (χ3v) is 13.3. The maximum absolute atomic E-state index is 14.1. The Kier molecular flexibility index (Phi) is 14.4. The Hall–Kier alpha value is -6.11. The van der Waals surface area contributed by atoms with E-state index in [4.69, 9.17) is 33.7 Å². The molecule has 4 N–H and O–H groups in total. The van der Waals surface area contributed by atoms with E-state index < -0.39 is 47.5 Å². The summed E-state index contributed by atoms with van der Waals surface area (Å²) in [4.78, 5) is 96.0. The van der Waals surface area contributed by atoms with Gasteiger partial charge in [-0.2, -0.15) is 0 Å². The first kappa shape index (κ1) is 46.9. The van der Waals surface area contributed by atoms with Crippen molar-refractivity contribution in [2.24, 2.45) is 0 Å². The van der Waals surface area contributed by atoms with Crippen molar-refractivity contribution in [3.8, 4) is 5.75 Å². The number of halogens is 3. The van der Waals surface area contributed by atoms with Gasteiger partial charge < -0.3 is 25.6 Å². The number of ether oxygens (including phenoxy) is 1. The Labute approximate surface area is 387 Å². The Morgan fingerprint density at radius 2 is 1.69 bits per heavy atom. The minimum absolute atomic E-state index is 0.00254. The van der Waals surface area contributed by atoms with Crippen LogP contribution in [0.1, 0.15) is 113 Å². The number of benzene rings is 3. The number of nitrogens with two attached hydrogens (primary N) is 1. The number of amides is 7. The molecule has 0 aliphatic carbocycles. The number of carbonyl (C=O) groups excluding carboxylic acids is 7. The number of hydrogen-bond acceptors (Lipinski definition) is 12. The van der Waals surface area contributed by atoms with Crippen LogP contribution in [0.25, 0.3) is 0 Å². The van der Waals surface area contributed by atoms with E-state index in [0.717, 1.165) is 23.8 Å². The molecule has 2 saturated heterocycles. The molecule has 3 aliphatic rings. The summed E-state index contributed by atoms with van der Waals surface area (Å²) in [6.07, 6.45) is 1.77. The lowest BCUT2D eigenvalue weighted by atomic mass is 10.0. The molecule has 3 aliphatic heterocycles. The zero-order chi connectivity index (χ0) is 46.7. The van der Waals surface area contributed by atoms with Gasteiger partial charge in [-0.3, -0.25) is 43.8 Å². The molecule has 1 unspecified atom stereocenters. The number of hydrogen-bond donors (Lipinski definition) is 3. The molecule has 65 heavy (non-hydrogen) atoms. The molecule has 4 atom stereocenters. The minimum Gasteiger partial charge on any atom is -0.482 e. The van der Waals surface area contributed by atoms with Crippen molar-refractivity contribution in [1.82, 2.24) is 30.2 Å². The lowest BCUT2D eigenvalue weighted by Crippen LogP contribution is -2.59.